The molecule has 1 N–H and O–H groups in total. The fraction of sp³-hybridized carbons (Fsp3) is 0.211. The normalized spacial score (nSPS) is 11.0. The Bertz CT molecular complexity index is 896. The molecule has 3 nitrogen and oxygen atoms in total. The fourth-order valence-corrected chi connectivity index (χ4v) is 2.58. The molecule has 1 amide bonds. The third kappa shape index (κ3) is 3.11. The summed E-state index contributed by atoms with van der Waals surface area (Å²) in [4.78, 5) is 12.2. The Morgan fingerprint density at radius 3 is 2.65 bits per heavy atom. The monoisotopic (exact) mass is 311 g/mol. The zero-order valence-corrected chi connectivity index (χ0v) is 13.4. The smallest absolute Gasteiger partial charge is 0.229 e. The number of carbonyl (C=O) groups excluding carboxylic acids is 1. The van der Waals surface area contributed by atoms with Crippen LogP contribution in [0.1, 0.15) is 22.3 Å². The molecule has 0 radical (unpaired) electrons. The molecule has 0 saturated heterocycles. The molecule has 3 rings (SSSR count). The van der Waals surface area contributed by atoms with Gasteiger partial charge >= 0.3 is 0 Å². The van der Waals surface area contributed by atoms with E-state index < -0.39 is 5.82 Å². The van der Waals surface area contributed by atoms with E-state index in [2.05, 4.69) is 5.32 Å². The van der Waals surface area contributed by atoms with Gasteiger partial charge in [-0.05, 0) is 61.7 Å². The van der Waals surface area contributed by atoms with E-state index in [1.54, 1.807) is 18.4 Å². The van der Waals surface area contributed by atoms with Crippen molar-refractivity contribution in [2.24, 2.45) is 0 Å². The third-order valence-corrected chi connectivity index (χ3v) is 4.02. The Kier molecular flexibility index (Phi) is 3.90. The lowest BCUT2D eigenvalue weighted by molar-refractivity contribution is -0.115. The van der Waals surface area contributed by atoms with Gasteiger partial charge in [0.1, 0.15) is 11.4 Å². The maximum absolute atomic E-state index is 13.7. The summed E-state index contributed by atoms with van der Waals surface area (Å²) in [5.41, 5.74) is 4.94. The Balaban J connectivity index is 1.83. The molecule has 0 aliphatic carbocycles. The molecule has 4 heteroatoms. The lowest BCUT2D eigenvalue weighted by Crippen LogP contribution is -2.15. The minimum absolute atomic E-state index is 0.142. The molecule has 0 aliphatic rings. The first kappa shape index (κ1) is 15.3. The number of carbonyl (C=O) groups is 1. The summed E-state index contributed by atoms with van der Waals surface area (Å²) >= 11 is 0. The maximum Gasteiger partial charge on any atom is 0.229 e. The number of anilines is 1. The largest absolute Gasteiger partial charge is 0.464 e. The zero-order valence-electron chi connectivity index (χ0n) is 13.4. The van der Waals surface area contributed by atoms with Crippen LogP contribution in [0.25, 0.3) is 11.0 Å². The summed E-state index contributed by atoms with van der Waals surface area (Å²) in [6.45, 7) is 5.89. The minimum atomic E-state index is -0.438. The zero-order chi connectivity index (χ0) is 16.6. The number of hydrogen-bond acceptors (Lipinski definition) is 2. The summed E-state index contributed by atoms with van der Waals surface area (Å²) in [6, 6.07) is 8.62. The van der Waals surface area contributed by atoms with Crippen molar-refractivity contribution in [3.63, 3.8) is 0 Å². The molecule has 0 fully saturated rings. The van der Waals surface area contributed by atoms with Crippen molar-refractivity contribution in [1.82, 2.24) is 0 Å². The van der Waals surface area contributed by atoms with Crippen LogP contribution in [0.15, 0.2) is 41.0 Å². The second kappa shape index (κ2) is 5.88. The average molecular weight is 311 g/mol. The van der Waals surface area contributed by atoms with Crippen molar-refractivity contribution >= 4 is 22.6 Å². The molecular weight excluding hydrogens is 293 g/mol. The standard InChI is InChI=1S/C19H18FNO2/c1-11-4-5-16(20)17(6-11)21-19(22)9-14-10-23-18-8-13(3)12(2)7-15(14)18/h4-8,10H,9H2,1-3H3,(H,21,22). The van der Waals surface area contributed by atoms with Crippen molar-refractivity contribution in [3.05, 3.63) is 64.7 Å². The molecule has 0 atom stereocenters. The number of fused-ring (bicyclic) bond motifs is 1. The van der Waals surface area contributed by atoms with E-state index in [9.17, 15) is 9.18 Å². The van der Waals surface area contributed by atoms with Gasteiger partial charge in [-0.3, -0.25) is 4.79 Å². The highest BCUT2D eigenvalue weighted by Gasteiger charge is 2.13. The second-order valence-electron chi connectivity index (χ2n) is 5.90. The van der Waals surface area contributed by atoms with Gasteiger partial charge in [0.2, 0.25) is 5.91 Å². The summed E-state index contributed by atoms with van der Waals surface area (Å²) in [6.07, 6.45) is 1.73. The first-order chi connectivity index (χ1) is 10.9. The van der Waals surface area contributed by atoms with Crippen LogP contribution in [-0.2, 0) is 11.2 Å². The van der Waals surface area contributed by atoms with E-state index in [1.807, 2.05) is 32.9 Å². The highest BCUT2D eigenvalue weighted by molar-refractivity contribution is 5.95. The van der Waals surface area contributed by atoms with Crippen LogP contribution >= 0.6 is 0 Å². The Labute approximate surface area is 134 Å². The highest BCUT2D eigenvalue weighted by Crippen LogP contribution is 2.25. The first-order valence-corrected chi connectivity index (χ1v) is 7.47. The number of hydrogen-bond donors (Lipinski definition) is 1. The van der Waals surface area contributed by atoms with E-state index in [0.29, 0.717) is 0 Å². The lowest BCUT2D eigenvalue weighted by Gasteiger charge is -2.07. The van der Waals surface area contributed by atoms with Crippen molar-refractivity contribution in [2.75, 3.05) is 5.32 Å². The van der Waals surface area contributed by atoms with Crippen LogP contribution in [0, 0.1) is 26.6 Å². The SMILES string of the molecule is Cc1ccc(F)c(NC(=O)Cc2coc3cc(C)c(C)cc23)c1. The summed E-state index contributed by atoms with van der Waals surface area (Å²) in [5, 5.41) is 3.55. The number of rotatable bonds is 3. The van der Waals surface area contributed by atoms with Crippen molar-refractivity contribution in [2.45, 2.75) is 27.2 Å². The van der Waals surface area contributed by atoms with Crippen LogP contribution in [0.4, 0.5) is 10.1 Å². The van der Waals surface area contributed by atoms with Gasteiger partial charge in [-0.25, -0.2) is 4.39 Å². The maximum atomic E-state index is 13.7. The molecule has 0 spiro atoms. The van der Waals surface area contributed by atoms with Crippen LogP contribution < -0.4 is 5.32 Å². The number of benzene rings is 2. The first-order valence-electron chi connectivity index (χ1n) is 7.47. The summed E-state index contributed by atoms with van der Waals surface area (Å²) in [7, 11) is 0. The van der Waals surface area contributed by atoms with Gasteiger partial charge in [0, 0.05) is 10.9 Å². The molecular formula is C19H18FNO2. The van der Waals surface area contributed by atoms with Gasteiger partial charge < -0.3 is 9.73 Å². The highest BCUT2D eigenvalue weighted by atomic mass is 19.1. The minimum Gasteiger partial charge on any atom is -0.464 e. The number of aryl methyl sites for hydroxylation is 3. The van der Waals surface area contributed by atoms with Crippen molar-refractivity contribution < 1.29 is 13.6 Å². The van der Waals surface area contributed by atoms with E-state index >= 15 is 0 Å². The van der Waals surface area contributed by atoms with Gasteiger partial charge in [0.25, 0.3) is 0 Å². The molecule has 23 heavy (non-hydrogen) atoms. The fourth-order valence-electron chi connectivity index (χ4n) is 2.58. The van der Waals surface area contributed by atoms with Crippen molar-refractivity contribution in [1.29, 1.82) is 0 Å². The summed E-state index contributed by atoms with van der Waals surface area (Å²) in [5.74, 6) is -0.706. The van der Waals surface area contributed by atoms with Crippen molar-refractivity contribution in [3.8, 4) is 0 Å². The second-order valence-corrected chi connectivity index (χ2v) is 5.90. The number of halogens is 1. The van der Waals surface area contributed by atoms with Crippen LogP contribution in [0.2, 0.25) is 0 Å². The molecule has 3 aromatic rings. The predicted octanol–water partition coefficient (Wildman–Crippen LogP) is 4.68. The van der Waals surface area contributed by atoms with Gasteiger partial charge in [0.05, 0.1) is 18.4 Å². The Hall–Kier alpha value is -2.62. The molecule has 0 unspecified atom stereocenters. The Morgan fingerprint density at radius 1 is 1.13 bits per heavy atom. The van der Waals surface area contributed by atoms with E-state index in [4.69, 9.17) is 4.42 Å². The molecule has 0 saturated carbocycles. The van der Waals surface area contributed by atoms with Gasteiger partial charge in [0.15, 0.2) is 0 Å². The molecule has 118 valence electrons. The van der Waals surface area contributed by atoms with E-state index in [0.717, 1.165) is 33.2 Å². The average Bonchev–Trinajstić information content (AvgIpc) is 2.85. The van der Waals surface area contributed by atoms with Gasteiger partial charge in [-0.15, -0.1) is 0 Å². The number of furan rings is 1. The van der Waals surface area contributed by atoms with E-state index in [1.165, 1.54) is 6.07 Å². The molecule has 0 aliphatic heterocycles. The van der Waals surface area contributed by atoms with Crippen LogP contribution in [-0.4, -0.2) is 5.91 Å². The van der Waals surface area contributed by atoms with Gasteiger partial charge in [-0.2, -0.15) is 0 Å². The molecule has 1 aromatic heterocycles. The topological polar surface area (TPSA) is 42.2 Å². The van der Waals surface area contributed by atoms with Crippen LogP contribution in [0.5, 0.6) is 0 Å². The molecule has 1 heterocycles. The summed E-state index contributed by atoms with van der Waals surface area (Å²) < 4.78 is 19.3. The number of amides is 1. The quantitative estimate of drug-likeness (QED) is 0.763. The van der Waals surface area contributed by atoms with Gasteiger partial charge in [-0.1, -0.05) is 6.07 Å². The molecule has 0 bridgehead atoms. The third-order valence-electron chi connectivity index (χ3n) is 4.02. The number of nitrogens with one attached hydrogen (secondary N) is 1. The Morgan fingerprint density at radius 2 is 1.87 bits per heavy atom. The molecule has 2 aromatic carbocycles. The lowest BCUT2D eigenvalue weighted by atomic mass is 10.0. The van der Waals surface area contributed by atoms with E-state index in [-0.39, 0.29) is 18.0 Å². The predicted molar refractivity (Wildman–Crippen MR) is 89.2 cm³/mol. The van der Waals surface area contributed by atoms with Crippen LogP contribution in [0.3, 0.4) is 0 Å².